The van der Waals surface area contributed by atoms with Gasteiger partial charge in [0.15, 0.2) is 14.1 Å². The molecule has 1 aromatic rings. The summed E-state index contributed by atoms with van der Waals surface area (Å²) in [5.41, 5.74) is 0.767. The van der Waals surface area contributed by atoms with Gasteiger partial charge in [0.1, 0.15) is 6.10 Å². The monoisotopic (exact) mass is 337 g/mol. The van der Waals surface area contributed by atoms with Crippen molar-refractivity contribution in [3.63, 3.8) is 0 Å². The number of nitrogens with zero attached hydrogens (tertiary/aromatic N) is 1. The number of benzene rings is 1. The van der Waals surface area contributed by atoms with Gasteiger partial charge in [0.05, 0.1) is 5.92 Å². The zero-order valence-corrected chi connectivity index (χ0v) is 15.8. The highest BCUT2D eigenvalue weighted by Gasteiger charge is 2.43. The molecule has 0 aromatic heterocycles. The summed E-state index contributed by atoms with van der Waals surface area (Å²) in [5.74, 6) is -0.733. The van der Waals surface area contributed by atoms with Crippen molar-refractivity contribution in [3.8, 4) is 0 Å². The maximum atomic E-state index is 12.2. The van der Waals surface area contributed by atoms with Crippen molar-refractivity contribution in [2.45, 2.75) is 57.8 Å². The van der Waals surface area contributed by atoms with E-state index in [4.69, 9.17) is 4.43 Å². The smallest absolute Gasteiger partial charge is 0.213 e. The Balaban J connectivity index is 3.22. The lowest BCUT2D eigenvalue weighted by Crippen LogP contribution is -2.48. The van der Waals surface area contributed by atoms with Crippen molar-refractivity contribution in [3.05, 3.63) is 46.0 Å². The highest BCUT2D eigenvalue weighted by atomic mass is 28.4. The van der Waals surface area contributed by atoms with Crippen LogP contribution in [-0.4, -0.2) is 31.7 Å². The standard InChI is InChI=1S/C17H27NO4Si/c1-13(19)16(22-23(5,6)17(2,3)4)15(12-18(20)21)14-10-8-7-9-11-14/h7-11,15-16H,12H2,1-6H3/t15-,16?/m0/s1. The average Bonchev–Trinajstić information content (AvgIpc) is 2.42. The molecule has 0 saturated carbocycles. The molecule has 23 heavy (non-hydrogen) atoms. The van der Waals surface area contributed by atoms with Crippen molar-refractivity contribution in [2.75, 3.05) is 6.54 Å². The molecule has 0 aliphatic rings. The minimum absolute atomic E-state index is 0.0729. The van der Waals surface area contributed by atoms with Crippen molar-refractivity contribution < 1.29 is 14.1 Å². The molecule has 128 valence electrons. The van der Waals surface area contributed by atoms with Crippen LogP contribution in [0, 0.1) is 10.1 Å². The molecule has 0 radical (unpaired) electrons. The number of hydrogen-bond donors (Lipinski definition) is 0. The third-order valence-electron chi connectivity index (χ3n) is 4.57. The van der Waals surface area contributed by atoms with E-state index in [9.17, 15) is 14.9 Å². The molecule has 6 heteroatoms. The number of hydrogen-bond acceptors (Lipinski definition) is 4. The van der Waals surface area contributed by atoms with Crippen molar-refractivity contribution in [1.29, 1.82) is 0 Å². The third-order valence-corrected chi connectivity index (χ3v) is 9.02. The number of carbonyl (C=O) groups is 1. The summed E-state index contributed by atoms with van der Waals surface area (Å²) < 4.78 is 6.27. The Morgan fingerprint density at radius 3 is 2.17 bits per heavy atom. The molecule has 0 heterocycles. The van der Waals surface area contributed by atoms with E-state index in [2.05, 4.69) is 33.9 Å². The van der Waals surface area contributed by atoms with Crippen molar-refractivity contribution in [1.82, 2.24) is 0 Å². The molecule has 0 bridgehead atoms. The molecule has 5 nitrogen and oxygen atoms in total. The first-order valence-corrected chi connectivity index (χ1v) is 10.7. The van der Waals surface area contributed by atoms with Gasteiger partial charge in [-0.3, -0.25) is 14.9 Å². The Hall–Kier alpha value is -1.53. The van der Waals surface area contributed by atoms with Crippen LogP contribution in [0.5, 0.6) is 0 Å². The van der Waals surface area contributed by atoms with Gasteiger partial charge < -0.3 is 4.43 Å². The lowest BCUT2D eigenvalue weighted by atomic mass is 9.91. The number of nitro groups is 1. The molecular weight excluding hydrogens is 310 g/mol. The zero-order valence-electron chi connectivity index (χ0n) is 14.8. The summed E-state index contributed by atoms with van der Waals surface area (Å²) in [5, 5.41) is 11.0. The van der Waals surface area contributed by atoms with E-state index < -0.39 is 20.3 Å². The summed E-state index contributed by atoms with van der Waals surface area (Å²) in [6.07, 6.45) is -0.788. The van der Waals surface area contributed by atoms with E-state index in [1.807, 2.05) is 30.3 Å². The van der Waals surface area contributed by atoms with E-state index in [-0.39, 0.29) is 22.3 Å². The van der Waals surface area contributed by atoms with Gasteiger partial charge in [0.2, 0.25) is 6.54 Å². The van der Waals surface area contributed by atoms with Crippen LogP contribution in [0.1, 0.15) is 39.2 Å². The second-order valence-electron chi connectivity index (χ2n) is 7.44. The zero-order chi connectivity index (χ0) is 17.8. The lowest BCUT2D eigenvalue weighted by Gasteiger charge is -2.40. The number of ketones is 1. The van der Waals surface area contributed by atoms with Crippen LogP contribution in [0.4, 0.5) is 0 Å². The van der Waals surface area contributed by atoms with E-state index in [1.165, 1.54) is 6.92 Å². The Kier molecular flexibility index (Phi) is 6.24. The maximum Gasteiger partial charge on any atom is 0.213 e. The van der Waals surface area contributed by atoms with Crippen LogP contribution < -0.4 is 0 Å². The third kappa shape index (κ3) is 5.25. The lowest BCUT2D eigenvalue weighted by molar-refractivity contribution is -0.484. The molecule has 0 saturated heterocycles. The predicted molar refractivity (Wildman–Crippen MR) is 93.8 cm³/mol. The largest absolute Gasteiger partial charge is 0.406 e. The van der Waals surface area contributed by atoms with Crippen molar-refractivity contribution in [2.24, 2.45) is 0 Å². The minimum Gasteiger partial charge on any atom is -0.406 e. The molecule has 2 atom stereocenters. The first-order valence-electron chi connectivity index (χ1n) is 7.80. The summed E-state index contributed by atoms with van der Waals surface area (Å²) in [4.78, 5) is 23.0. The van der Waals surface area contributed by atoms with Crippen LogP contribution >= 0.6 is 0 Å². The van der Waals surface area contributed by atoms with E-state index in [0.717, 1.165) is 5.56 Å². The van der Waals surface area contributed by atoms with Gasteiger partial charge in [0.25, 0.3) is 0 Å². The summed E-state index contributed by atoms with van der Waals surface area (Å²) in [6.45, 7) is 11.5. The Morgan fingerprint density at radius 2 is 1.78 bits per heavy atom. The van der Waals surface area contributed by atoms with Gasteiger partial charge in [0, 0.05) is 4.92 Å². The van der Waals surface area contributed by atoms with Gasteiger partial charge in [-0.1, -0.05) is 51.1 Å². The van der Waals surface area contributed by atoms with Crippen LogP contribution in [-0.2, 0) is 9.22 Å². The summed E-state index contributed by atoms with van der Waals surface area (Å²) in [6, 6.07) is 9.14. The normalized spacial score (nSPS) is 15.0. The molecule has 0 aliphatic heterocycles. The van der Waals surface area contributed by atoms with Gasteiger partial charge in [-0.05, 0) is 30.6 Å². The quantitative estimate of drug-likeness (QED) is 0.428. The fourth-order valence-electron chi connectivity index (χ4n) is 2.18. The molecule has 0 amide bonds. The Morgan fingerprint density at radius 1 is 1.26 bits per heavy atom. The summed E-state index contributed by atoms with van der Waals surface area (Å²) in [7, 11) is -2.22. The molecule has 0 fully saturated rings. The van der Waals surface area contributed by atoms with Crippen molar-refractivity contribution >= 4 is 14.1 Å². The molecule has 1 rings (SSSR count). The number of Topliss-reactive ketones (excluding diaryl/α,β-unsaturated/α-hetero) is 1. The van der Waals surface area contributed by atoms with Gasteiger partial charge >= 0.3 is 0 Å². The number of rotatable bonds is 7. The number of carbonyl (C=O) groups excluding carboxylic acids is 1. The highest BCUT2D eigenvalue weighted by Crippen LogP contribution is 2.39. The predicted octanol–water partition coefficient (Wildman–Crippen LogP) is 4.03. The average molecular weight is 337 g/mol. The molecule has 0 aliphatic carbocycles. The van der Waals surface area contributed by atoms with Crippen LogP contribution in [0.3, 0.4) is 0 Å². The first kappa shape index (κ1) is 19.5. The van der Waals surface area contributed by atoms with Crippen LogP contribution in [0.15, 0.2) is 30.3 Å². The Bertz CT molecular complexity index is 551. The first-order chi connectivity index (χ1) is 10.5. The topological polar surface area (TPSA) is 69.4 Å². The highest BCUT2D eigenvalue weighted by molar-refractivity contribution is 6.74. The fraction of sp³-hybridized carbons (Fsp3) is 0.588. The van der Waals surface area contributed by atoms with Crippen LogP contribution in [0.2, 0.25) is 18.1 Å². The second-order valence-corrected chi connectivity index (χ2v) is 12.2. The molecule has 0 spiro atoms. The van der Waals surface area contributed by atoms with Gasteiger partial charge in [-0.2, -0.15) is 0 Å². The second kappa shape index (κ2) is 7.36. The fourth-order valence-corrected chi connectivity index (χ4v) is 3.50. The molecule has 1 unspecified atom stereocenters. The Labute approximate surface area is 139 Å². The van der Waals surface area contributed by atoms with E-state index in [0.29, 0.717) is 0 Å². The SMILES string of the molecule is CC(=O)C(O[Si](C)(C)C(C)(C)C)[C@@H](C[N+](=O)[O-])c1ccccc1. The van der Waals surface area contributed by atoms with Gasteiger partial charge in [-0.25, -0.2) is 0 Å². The maximum absolute atomic E-state index is 12.2. The van der Waals surface area contributed by atoms with Gasteiger partial charge in [-0.15, -0.1) is 0 Å². The van der Waals surface area contributed by atoms with E-state index >= 15 is 0 Å². The molecule has 0 N–H and O–H groups in total. The van der Waals surface area contributed by atoms with Crippen LogP contribution in [0.25, 0.3) is 0 Å². The molecular formula is C17H27NO4Si. The molecule has 1 aromatic carbocycles. The summed E-state index contributed by atoms with van der Waals surface area (Å²) >= 11 is 0. The minimum atomic E-state index is -2.22. The van der Waals surface area contributed by atoms with E-state index in [1.54, 1.807) is 0 Å².